The number of amides is 1. The van der Waals surface area contributed by atoms with Gasteiger partial charge in [-0.25, -0.2) is 9.97 Å². The number of likely N-dealkylation sites (tertiary alicyclic amines) is 1. The molecule has 7 heteroatoms. The van der Waals surface area contributed by atoms with Crippen LogP contribution < -0.4 is 4.74 Å². The molecule has 7 nitrogen and oxygen atoms in total. The molecule has 1 amide bonds. The van der Waals surface area contributed by atoms with Crippen molar-refractivity contribution in [1.82, 2.24) is 25.1 Å². The van der Waals surface area contributed by atoms with Gasteiger partial charge >= 0.3 is 0 Å². The molecular formula is C21H23N5O2. The van der Waals surface area contributed by atoms with Crippen LogP contribution >= 0.6 is 0 Å². The summed E-state index contributed by atoms with van der Waals surface area (Å²) in [6.45, 7) is 3.71. The third kappa shape index (κ3) is 3.74. The number of rotatable bonds is 5. The lowest BCUT2D eigenvalue weighted by Crippen LogP contribution is -2.38. The Labute approximate surface area is 163 Å². The van der Waals surface area contributed by atoms with Crippen LogP contribution in [0.1, 0.15) is 41.9 Å². The maximum absolute atomic E-state index is 12.9. The fourth-order valence-corrected chi connectivity index (χ4v) is 3.50. The van der Waals surface area contributed by atoms with Crippen molar-refractivity contribution < 1.29 is 9.53 Å². The van der Waals surface area contributed by atoms with Crippen molar-refractivity contribution in [1.29, 1.82) is 0 Å². The lowest BCUT2D eigenvalue weighted by atomic mass is 9.95. The fraction of sp³-hybridized carbons (Fsp3) is 0.333. The Bertz CT molecular complexity index is 933. The molecule has 1 fully saturated rings. The van der Waals surface area contributed by atoms with Gasteiger partial charge in [-0.15, -0.1) is 0 Å². The summed E-state index contributed by atoms with van der Waals surface area (Å²) in [6, 6.07) is 13.5. The summed E-state index contributed by atoms with van der Waals surface area (Å²) < 4.78 is 5.50. The van der Waals surface area contributed by atoms with Gasteiger partial charge in [0.2, 0.25) is 5.88 Å². The molecule has 3 aromatic rings. The van der Waals surface area contributed by atoms with Crippen LogP contribution in [0.2, 0.25) is 0 Å². The third-order valence-corrected chi connectivity index (χ3v) is 4.99. The van der Waals surface area contributed by atoms with E-state index in [2.05, 4.69) is 20.2 Å². The molecule has 1 aliphatic rings. The maximum atomic E-state index is 12.9. The molecule has 1 saturated heterocycles. The Morgan fingerprint density at radius 1 is 1.18 bits per heavy atom. The van der Waals surface area contributed by atoms with Crippen LogP contribution in [0.3, 0.4) is 0 Å². The van der Waals surface area contributed by atoms with E-state index >= 15 is 0 Å². The van der Waals surface area contributed by atoms with E-state index in [4.69, 9.17) is 4.74 Å². The summed E-state index contributed by atoms with van der Waals surface area (Å²) in [7, 11) is 0. The molecule has 0 saturated carbocycles. The first kappa shape index (κ1) is 18.2. The smallest absolute Gasteiger partial charge is 0.259 e. The predicted molar refractivity (Wildman–Crippen MR) is 105 cm³/mol. The van der Waals surface area contributed by atoms with Crippen LogP contribution in [0, 0.1) is 0 Å². The number of nitrogens with zero attached hydrogens (tertiary/aromatic N) is 4. The molecule has 2 aromatic heterocycles. The minimum atomic E-state index is -0.0301. The molecule has 0 bridgehead atoms. The average Bonchev–Trinajstić information content (AvgIpc) is 3.25. The normalized spacial score (nSPS) is 14.8. The zero-order valence-electron chi connectivity index (χ0n) is 15.8. The third-order valence-electron chi connectivity index (χ3n) is 4.99. The molecule has 0 unspecified atom stereocenters. The number of carbonyl (C=O) groups excluding carboxylic acids is 1. The molecule has 0 spiro atoms. The van der Waals surface area contributed by atoms with Gasteiger partial charge in [-0.05, 0) is 31.9 Å². The maximum Gasteiger partial charge on any atom is 0.259 e. The quantitative estimate of drug-likeness (QED) is 0.738. The van der Waals surface area contributed by atoms with Crippen molar-refractivity contribution >= 4 is 5.91 Å². The summed E-state index contributed by atoms with van der Waals surface area (Å²) in [6.07, 6.45) is 3.33. The molecule has 0 atom stereocenters. The first-order valence-corrected chi connectivity index (χ1v) is 9.61. The number of hydrogen-bond donors (Lipinski definition) is 1. The summed E-state index contributed by atoms with van der Waals surface area (Å²) in [5.41, 5.74) is 1.52. The van der Waals surface area contributed by atoms with E-state index in [-0.39, 0.29) is 11.8 Å². The average molecular weight is 377 g/mol. The van der Waals surface area contributed by atoms with Gasteiger partial charge in [0.1, 0.15) is 11.4 Å². The Kier molecular flexibility index (Phi) is 5.32. The first-order valence-electron chi connectivity index (χ1n) is 9.61. The van der Waals surface area contributed by atoms with E-state index < -0.39 is 0 Å². The number of H-pyrrole nitrogens is 1. The van der Waals surface area contributed by atoms with E-state index in [0.717, 1.165) is 24.2 Å². The van der Waals surface area contributed by atoms with Crippen molar-refractivity contribution in [3.63, 3.8) is 0 Å². The number of piperidine rings is 1. The van der Waals surface area contributed by atoms with Crippen LogP contribution in [0.5, 0.6) is 5.88 Å². The number of hydrogen-bond acceptors (Lipinski definition) is 5. The largest absolute Gasteiger partial charge is 0.477 e. The zero-order valence-corrected chi connectivity index (χ0v) is 15.8. The molecule has 144 valence electrons. The van der Waals surface area contributed by atoms with Gasteiger partial charge in [-0.1, -0.05) is 30.3 Å². The van der Waals surface area contributed by atoms with Crippen molar-refractivity contribution in [2.45, 2.75) is 25.7 Å². The Balaban J connectivity index is 1.41. The van der Waals surface area contributed by atoms with Gasteiger partial charge in [0.25, 0.3) is 5.91 Å². The van der Waals surface area contributed by atoms with Gasteiger partial charge in [-0.3, -0.25) is 9.89 Å². The van der Waals surface area contributed by atoms with Crippen molar-refractivity contribution in [2.75, 3.05) is 19.7 Å². The lowest BCUT2D eigenvalue weighted by molar-refractivity contribution is 0.0706. The second-order valence-corrected chi connectivity index (χ2v) is 6.77. The SMILES string of the molecule is CCOc1ncccc1C(=O)N1CCC(c2nc(-c3ccccc3)n[nH]2)CC1. The van der Waals surface area contributed by atoms with Gasteiger partial charge in [0.05, 0.1) is 6.61 Å². The highest BCUT2D eigenvalue weighted by atomic mass is 16.5. The van der Waals surface area contributed by atoms with Crippen LogP contribution in [0.4, 0.5) is 0 Å². The molecule has 1 aromatic carbocycles. The molecular weight excluding hydrogens is 354 g/mol. The minimum Gasteiger partial charge on any atom is -0.477 e. The highest BCUT2D eigenvalue weighted by Gasteiger charge is 2.28. The highest BCUT2D eigenvalue weighted by Crippen LogP contribution is 2.28. The van der Waals surface area contributed by atoms with Crippen molar-refractivity contribution in [3.05, 3.63) is 60.0 Å². The molecule has 0 aliphatic carbocycles. The number of aromatic nitrogens is 4. The minimum absolute atomic E-state index is 0.0301. The van der Waals surface area contributed by atoms with Gasteiger partial charge in [0.15, 0.2) is 5.82 Å². The lowest BCUT2D eigenvalue weighted by Gasteiger charge is -2.31. The topological polar surface area (TPSA) is 84.0 Å². The summed E-state index contributed by atoms with van der Waals surface area (Å²) in [4.78, 5) is 23.6. The Morgan fingerprint density at radius 2 is 1.96 bits per heavy atom. The number of aromatic amines is 1. The van der Waals surface area contributed by atoms with Crippen LogP contribution in [0.15, 0.2) is 48.7 Å². The van der Waals surface area contributed by atoms with Gasteiger partial charge in [0, 0.05) is 30.8 Å². The molecule has 1 aliphatic heterocycles. The van der Waals surface area contributed by atoms with E-state index in [1.54, 1.807) is 18.3 Å². The van der Waals surface area contributed by atoms with Gasteiger partial charge < -0.3 is 9.64 Å². The standard InChI is InChI=1S/C21H23N5O2/c1-2-28-20-17(9-6-12-22-20)21(27)26-13-10-16(11-14-26)19-23-18(24-25-19)15-7-4-3-5-8-15/h3-9,12,16H,2,10-11,13-14H2,1H3,(H,23,24,25). The second-order valence-electron chi connectivity index (χ2n) is 6.77. The molecule has 28 heavy (non-hydrogen) atoms. The summed E-state index contributed by atoms with van der Waals surface area (Å²) >= 11 is 0. The van der Waals surface area contributed by atoms with Crippen LogP contribution in [-0.2, 0) is 0 Å². The number of nitrogens with one attached hydrogen (secondary N) is 1. The Hall–Kier alpha value is -3.22. The van der Waals surface area contributed by atoms with E-state index in [1.165, 1.54) is 0 Å². The number of pyridine rings is 1. The number of ether oxygens (including phenoxy) is 1. The number of benzene rings is 1. The van der Waals surface area contributed by atoms with Crippen LogP contribution in [0.25, 0.3) is 11.4 Å². The number of carbonyl (C=O) groups is 1. The van der Waals surface area contributed by atoms with Crippen LogP contribution in [-0.4, -0.2) is 50.7 Å². The van der Waals surface area contributed by atoms with Crippen molar-refractivity contribution in [2.24, 2.45) is 0 Å². The second kappa shape index (κ2) is 8.21. The Morgan fingerprint density at radius 3 is 2.71 bits per heavy atom. The summed E-state index contributed by atoms with van der Waals surface area (Å²) in [5.74, 6) is 2.25. The summed E-state index contributed by atoms with van der Waals surface area (Å²) in [5, 5.41) is 7.43. The van der Waals surface area contributed by atoms with Gasteiger partial charge in [-0.2, -0.15) is 5.10 Å². The molecule has 3 heterocycles. The molecule has 4 rings (SSSR count). The zero-order chi connectivity index (χ0) is 19.3. The predicted octanol–water partition coefficient (Wildman–Crippen LogP) is 3.29. The highest BCUT2D eigenvalue weighted by molar-refractivity contribution is 5.96. The fourth-order valence-electron chi connectivity index (χ4n) is 3.50. The molecule has 0 radical (unpaired) electrons. The van der Waals surface area contributed by atoms with E-state index in [9.17, 15) is 4.79 Å². The first-order chi connectivity index (χ1) is 13.8. The van der Waals surface area contributed by atoms with E-state index in [1.807, 2.05) is 42.2 Å². The molecule has 1 N–H and O–H groups in total. The van der Waals surface area contributed by atoms with Crippen molar-refractivity contribution in [3.8, 4) is 17.3 Å². The monoisotopic (exact) mass is 377 g/mol. The van der Waals surface area contributed by atoms with E-state index in [0.29, 0.717) is 37.0 Å².